The molecule has 2 rings (SSSR count). The van der Waals surface area contributed by atoms with Gasteiger partial charge in [-0.05, 0) is 12.1 Å². The minimum atomic E-state index is -0.401. The highest BCUT2D eigenvalue weighted by atomic mass is 32.2. The van der Waals surface area contributed by atoms with Gasteiger partial charge in [0.05, 0.1) is 5.39 Å². The lowest BCUT2D eigenvalue weighted by Gasteiger charge is -1.91. The van der Waals surface area contributed by atoms with Crippen LogP contribution in [0.5, 0.6) is 5.75 Å². The molecule has 0 bridgehead atoms. The molecule has 1 aromatic heterocycles. The SMILES string of the molecule is Oc1c(S)sc2cccc(F)c12. The second-order valence-electron chi connectivity index (χ2n) is 2.37. The van der Waals surface area contributed by atoms with Gasteiger partial charge in [-0.1, -0.05) is 6.07 Å². The third-order valence-electron chi connectivity index (χ3n) is 1.62. The van der Waals surface area contributed by atoms with E-state index < -0.39 is 5.82 Å². The summed E-state index contributed by atoms with van der Waals surface area (Å²) in [4.78, 5) is 0. The first-order valence-corrected chi connectivity index (χ1v) is 4.55. The van der Waals surface area contributed by atoms with Crippen LogP contribution in [0.1, 0.15) is 0 Å². The molecule has 4 heteroatoms. The lowest BCUT2D eigenvalue weighted by atomic mass is 10.2. The molecule has 1 aromatic carbocycles. The Kier molecular flexibility index (Phi) is 1.73. The first kappa shape index (κ1) is 7.89. The summed E-state index contributed by atoms with van der Waals surface area (Å²) in [5.74, 6) is -0.460. The molecule has 0 spiro atoms. The molecule has 2 aromatic rings. The Balaban J connectivity index is 2.97. The zero-order valence-corrected chi connectivity index (χ0v) is 7.62. The number of aromatic hydroxyl groups is 1. The largest absolute Gasteiger partial charge is 0.505 e. The highest BCUT2D eigenvalue weighted by Crippen LogP contribution is 2.40. The third kappa shape index (κ3) is 0.990. The molecule has 1 nitrogen and oxygen atoms in total. The van der Waals surface area contributed by atoms with E-state index in [1.807, 2.05) is 0 Å². The fourth-order valence-corrected chi connectivity index (χ4v) is 2.34. The van der Waals surface area contributed by atoms with Crippen LogP contribution in [0.4, 0.5) is 4.39 Å². The number of benzene rings is 1. The van der Waals surface area contributed by atoms with Crippen LogP contribution in [0.25, 0.3) is 10.1 Å². The predicted molar refractivity (Wildman–Crippen MR) is 50.7 cm³/mol. The average molecular weight is 200 g/mol. The standard InChI is InChI=1S/C8H5FOS2/c9-4-2-1-3-5-6(4)7(10)8(11)12-5/h1-3,10-11H. The summed E-state index contributed by atoms with van der Waals surface area (Å²) in [6, 6.07) is 4.69. The number of halogens is 1. The van der Waals surface area contributed by atoms with Crippen molar-refractivity contribution in [3.05, 3.63) is 24.0 Å². The zero-order valence-electron chi connectivity index (χ0n) is 5.91. The van der Waals surface area contributed by atoms with Crippen molar-refractivity contribution in [1.82, 2.24) is 0 Å². The Labute approximate surface area is 77.9 Å². The van der Waals surface area contributed by atoms with Gasteiger partial charge in [-0.15, -0.1) is 24.0 Å². The molecule has 0 atom stereocenters. The van der Waals surface area contributed by atoms with Gasteiger partial charge < -0.3 is 5.11 Å². The first-order valence-electron chi connectivity index (χ1n) is 3.29. The van der Waals surface area contributed by atoms with Gasteiger partial charge in [0.15, 0.2) is 5.75 Å². The van der Waals surface area contributed by atoms with Gasteiger partial charge in [-0.25, -0.2) is 4.39 Å². The molecular weight excluding hydrogens is 195 g/mol. The Morgan fingerprint density at radius 3 is 2.83 bits per heavy atom. The van der Waals surface area contributed by atoms with Crippen LogP contribution in [0.3, 0.4) is 0 Å². The monoisotopic (exact) mass is 200 g/mol. The summed E-state index contributed by atoms with van der Waals surface area (Å²) in [6.07, 6.45) is 0. The lowest BCUT2D eigenvalue weighted by molar-refractivity contribution is 0.470. The topological polar surface area (TPSA) is 20.2 Å². The summed E-state index contributed by atoms with van der Waals surface area (Å²) < 4.78 is 14.2. The van der Waals surface area contributed by atoms with E-state index in [0.29, 0.717) is 4.21 Å². The maximum absolute atomic E-state index is 13.1. The van der Waals surface area contributed by atoms with E-state index >= 15 is 0 Å². The average Bonchev–Trinajstić information content (AvgIpc) is 2.29. The van der Waals surface area contributed by atoms with E-state index in [2.05, 4.69) is 12.6 Å². The second kappa shape index (κ2) is 2.64. The van der Waals surface area contributed by atoms with Gasteiger partial charge in [-0.3, -0.25) is 0 Å². The molecule has 0 aliphatic rings. The van der Waals surface area contributed by atoms with E-state index in [9.17, 15) is 9.50 Å². The molecule has 0 aliphatic carbocycles. The van der Waals surface area contributed by atoms with E-state index in [0.717, 1.165) is 4.70 Å². The first-order chi connectivity index (χ1) is 5.70. The molecular formula is C8H5FOS2. The van der Waals surface area contributed by atoms with Crippen molar-refractivity contribution >= 4 is 34.1 Å². The number of thiol groups is 1. The van der Waals surface area contributed by atoms with Crippen molar-refractivity contribution < 1.29 is 9.50 Å². The number of hydrogen-bond donors (Lipinski definition) is 2. The van der Waals surface area contributed by atoms with E-state index in [4.69, 9.17) is 0 Å². The summed E-state index contributed by atoms with van der Waals surface area (Å²) in [5, 5.41) is 9.64. The molecule has 0 saturated carbocycles. The van der Waals surface area contributed by atoms with Crippen LogP contribution in [0.15, 0.2) is 22.4 Å². The van der Waals surface area contributed by atoms with Gasteiger partial charge in [-0.2, -0.15) is 0 Å². The van der Waals surface area contributed by atoms with Crippen LogP contribution in [-0.4, -0.2) is 5.11 Å². The lowest BCUT2D eigenvalue weighted by Crippen LogP contribution is -1.72. The Bertz CT molecular complexity index is 436. The van der Waals surface area contributed by atoms with Crippen molar-refractivity contribution in [2.75, 3.05) is 0 Å². The number of thiophene rings is 1. The molecule has 1 N–H and O–H groups in total. The van der Waals surface area contributed by atoms with Gasteiger partial charge in [0.2, 0.25) is 0 Å². The smallest absolute Gasteiger partial charge is 0.150 e. The summed E-state index contributed by atoms with van der Waals surface area (Å²) in [6.45, 7) is 0. The molecule has 0 radical (unpaired) electrons. The molecule has 12 heavy (non-hydrogen) atoms. The number of rotatable bonds is 0. The molecule has 0 aliphatic heterocycles. The number of fused-ring (bicyclic) bond motifs is 1. The van der Waals surface area contributed by atoms with Crippen molar-refractivity contribution in [2.45, 2.75) is 4.21 Å². The fourth-order valence-electron chi connectivity index (χ4n) is 1.08. The van der Waals surface area contributed by atoms with Crippen LogP contribution in [0, 0.1) is 5.82 Å². The Morgan fingerprint density at radius 2 is 2.17 bits per heavy atom. The van der Waals surface area contributed by atoms with E-state index in [-0.39, 0.29) is 11.1 Å². The molecule has 0 unspecified atom stereocenters. The van der Waals surface area contributed by atoms with Crippen molar-refractivity contribution in [3.8, 4) is 5.75 Å². The highest BCUT2D eigenvalue weighted by molar-refractivity contribution is 7.83. The minimum Gasteiger partial charge on any atom is -0.505 e. The van der Waals surface area contributed by atoms with E-state index in [1.165, 1.54) is 17.4 Å². The van der Waals surface area contributed by atoms with Crippen LogP contribution < -0.4 is 0 Å². The van der Waals surface area contributed by atoms with Gasteiger partial charge in [0, 0.05) is 4.70 Å². The predicted octanol–water partition coefficient (Wildman–Crippen LogP) is 3.03. The van der Waals surface area contributed by atoms with Crippen LogP contribution in [0.2, 0.25) is 0 Å². The summed E-state index contributed by atoms with van der Waals surface area (Å²) in [5.41, 5.74) is 0. The molecule has 0 fully saturated rings. The van der Waals surface area contributed by atoms with Gasteiger partial charge in [0.1, 0.15) is 10.0 Å². The Morgan fingerprint density at radius 1 is 1.42 bits per heavy atom. The quantitative estimate of drug-likeness (QED) is 0.626. The molecule has 1 heterocycles. The molecule has 62 valence electrons. The van der Waals surface area contributed by atoms with Crippen molar-refractivity contribution in [3.63, 3.8) is 0 Å². The summed E-state index contributed by atoms with van der Waals surface area (Å²) >= 11 is 5.27. The van der Waals surface area contributed by atoms with Crippen LogP contribution >= 0.6 is 24.0 Å². The van der Waals surface area contributed by atoms with E-state index in [1.54, 1.807) is 12.1 Å². The molecule has 0 saturated heterocycles. The zero-order chi connectivity index (χ0) is 8.72. The highest BCUT2D eigenvalue weighted by Gasteiger charge is 2.11. The number of hydrogen-bond acceptors (Lipinski definition) is 3. The third-order valence-corrected chi connectivity index (χ3v) is 3.05. The van der Waals surface area contributed by atoms with Crippen molar-refractivity contribution in [2.24, 2.45) is 0 Å². The normalized spacial score (nSPS) is 10.8. The van der Waals surface area contributed by atoms with Gasteiger partial charge in [0.25, 0.3) is 0 Å². The fraction of sp³-hybridized carbons (Fsp3) is 0. The van der Waals surface area contributed by atoms with Crippen molar-refractivity contribution in [1.29, 1.82) is 0 Å². The summed E-state index contributed by atoms with van der Waals surface area (Å²) in [7, 11) is 0. The minimum absolute atomic E-state index is 0.0589. The maximum Gasteiger partial charge on any atom is 0.150 e. The second-order valence-corrected chi connectivity index (χ2v) is 4.17. The van der Waals surface area contributed by atoms with Gasteiger partial charge >= 0.3 is 0 Å². The molecule has 0 amide bonds. The van der Waals surface area contributed by atoms with Crippen LogP contribution in [-0.2, 0) is 0 Å². The maximum atomic E-state index is 13.1. The Hall–Kier alpha value is -0.740.